The molecule has 0 saturated carbocycles. The SMILES string of the molecule is Cc1ccccc1-c1ccccc1-c1ccc2c(c1)oc1ccc(-c3c4ccccc4c(-c4ccccc4)c4ccccc34)cc12. The number of furan rings is 1. The normalized spacial score (nSPS) is 11.6. The number of hydrogen-bond acceptors (Lipinski definition) is 1. The highest BCUT2D eigenvalue weighted by Gasteiger charge is 2.18. The average Bonchev–Trinajstić information content (AvgIpc) is 3.48. The molecule has 1 aromatic heterocycles. The monoisotopic (exact) mass is 586 g/mol. The molecule has 0 aliphatic rings. The van der Waals surface area contributed by atoms with Gasteiger partial charge in [-0.25, -0.2) is 0 Å². The molecular weight excluding hydrogens is 556 g/mol. The van der Waals surface area contributed by atoms with Gasteiger partial charge >= 0.3 is 0 Å². The number of aryl methyl sites for hydroxylation is 1. The van der Waals surface area contributed by atoms with Crippen molar-refractivity contribution in [2.45, 2.75) is 6.92 Å². The van der Waals surface area contributed by atoms with Crippen molar-refractivity contribution < 1.29 is 4.42 Å². The molecule has 0 unspecified atom stereocenters. The third-order valence-electron chi connectivity index (χ3n) is 9.43. The fourth-order valence-corrected chi connectivity index (χ4v) is 7.30. The molecule has 0 aliphatic heterocycles. The Labute approximate surface area is 268 Å². The lowest BCUT2D eigenvalue weighted by Crippen LogP contribution is -1.90. The number of benzene rings is 8. The van der Waals surface area contributed by atoms with E-state index in [4.69, 9.17) is 4.42 Å². The van der Waals surface area contributed by atoms with Gasteiger partial charge in [0.05, 0.1) is 0 Å². The molecular formula is C45H30O. The third-order valence-corrected chi connectivity index (χ3v) is 9.43. The van der Waals surface area contributed by atoms with E-state index < -0.39 is 0 Å². The molecule has 46 heavy (non-hydrogen) atoms. The average molecular weight is 587 g/mol. The van der Waals surface area contributed by atoms with Gasteiger partial charge in [0.25, 0.3) is 0 Å². The van der Waals surface area contributed by atoms with Crippen LogP contribution in [-0.2, 0) is 0 Å². The predicted octanol–water partition coefficient (Wildman–Crippen LogP) is 12.9. The second-order valence-corrected chi connectivity index (χ2v) is 12.1. The van der Waals surface area contributed by atoms with Crippen LogP contribution in [0, 0.1) is 6.92 Å². The van der Waals surface area contributed by atoms with Crippen LogP contribution in [-0.4, -0.2) is 0 Å². The van der Waals surface area contributed by atoms with Crippen LogP contribution in [0.2, 0.25) is 0 Å². The fourth-order valence-electron chi connectivity index (χ4n) is 7.30. The van der Waals surface area contributed by atoms with E-state index in [9.17, 15) is 0 Å². The van der Waals surface area contributed by atoms with Gasteiger partial charge in [-0.2, -0.15) is 0 Å². The molecule has 0 spiro atoms. The Morgan fingerprint density at radius 2 is 0.870 bits per heavy atom. The Morgan fingerprint density at radius 3 is 1.54 bits per heavy atom. The lowest BCUT2D eigenvalue weighted by molar-refractivity contribution is 0.669. The van der Waals surface area contributed by atoms with Crippen molar-refractivity contribution in [3.63, 3.8) is 0 Å². The van der Waals surface area contributed by atoms with Gasteiger partial charge in [-0.3, -0.25) is 0 Å². The summed E-state index contributed by atoms with van der Waals surface area (Å²) in [6.07, 6.45) is 0. The van der Waals surface area contributed by atoms with Crippen molar-refractivity contribution in [2.24, 2.45) is 0 Å². The molecule has 0 N–H and O–H groups in total. The van der Waals surface area contributed by atoms with Gasteiger partial charge in [0.1, 0.15) is 11.2 Å². The summed E-state index contributed by atoms with van der Waals surface area (Å²) in [6, 6.07) is 59.0. The zero-order valence-corrected chi connectivity index (χ0v) is 25.5. The van der Waals surface area contributed by atoms with E-state index in [1.165, 1.54) is 66.1 Å². The summed E-state index contributed by atoms with van der Waals surface area (Å²) in [4.78, 5) is 0. The van der Waals surface area contributed by atoms with Gasteiger partial charge in [-0.15, -0.1) is 0 Å². The highest BCUT2D eigenvalue weighted by Crippen LogP contribution is 2.45. The van der Waals surface area contributed by atoms with E-state index in [2.05, 4.69) is 171 Å². The summed E-state index contributed by atoms with van der Waals surface area (Å²) in [5.41, 5.74) is 12.9. The second kappa shape index (κ2) is 10.6. The lowest BCUT2D eigenvalue weighted by Gasteiger charge is -2.17. The van der Waals surface area contributed by atoms with E-state index in [0.29, 0.717) is 0 Å². The minimum Gasteiger partial charge on any atom is -0.456 e. The zero-order chi connectivity index (χ0) is 30.6. The molecule has 0 atom stereocenters. The standard InChI is InChI=1S/C45H30O/c1-29-13-5-6-16-33(29)35-18-8-7-17-34(35)31-23-25-36-41-27-32(24-26-42(41)46-43(36)28-31)45-39-21-11-9-19-37(39)44(30-14-3-2-4-15-30)38-20-10-12-22-40(38)45/h2-28H,1H3. The van der Waals surface area contributed by atoms with Crippen molar-refractivity contribution in [2.75, 3.05) is 0 Å². The molecule has 0 aliphatic carbocycles. The smallest absolute Gasteiger partial charge is 0.136 e. The minimum absolute atomic E-state index is 0.901. The highest BCUT2D eigenvalue weighted by atomic mass is 16.3. The van der Waals surface area contributed by atoms with Crippen LogP contribution in [0.1, 0.15) is 5.56 Å². The van der Waals surface area contributed by atoms with E-state index in [1.807, 2.05) is 0 Å². The molecule has 9 rings (SSSR count). The van der Waals surface area contributed by atoms with Crippen molar-refractivity contribution >= 4 is 43.5 Å². The first-order valence-corrected chi connectivity index (χ1v) is 15.9. The molecule has 1 nitrogen and oxygen atoms in total. The van der Waals surface area contributed by atoms with E-state index in [0.717, 1.165) is 27.5 Å². The van der Waals surface area contributed by atoms with Gasteiger partial charge in [0.15, 0.2) is 0 Å². The quantitative estimate of drug-likeness (QED) is 0.187. The van der Waals surface area contributed by atoms with Gasteiger partial charge in [0, 0.05) is 10.8 Å². The molecule has 8 aromatic carbocycles. The molecule has 0 bridgehead atoms. The molecule has 1 heterocycles. The first-order valence-electron chi connectivity index (χ1n) is 15.9. The summed E-state index contributed by atoms with van der Waals surface area (Å²) < 4.78 is 6.53. The topological polar surface area (TPSA) is 13.1 Å². The van der Waals surface area contributed by atoms with Crippen molar-refractivity contribution in [3.8, 4) is 44.5 Å². The van der Waals surface area contributed by atoms with Crippen LogP contribution in [0.25, 0.3) is 88.0 Å². The molecule has 9 aromatic rings. The highest BCUT2D eigenvalue weighted by molar-refractivity contribution is 6.22. The van der Waals surface area contributed by atoms with Gasteiger partial charge in [0.2, 0.25) is 0 Å². The van der Waals surface area contributed by atoms with Crippen LogP contribution >= 0.6 is 0 Å². The molecule has 0 fully saturated rings. The summed E-state index contributed by atoms with van der Waals surface area (Å²) in [6.45, 7) is 2.17. The molecule has 216 valence electrons. The van der Waals surface area contributed by atoms with Crippen LogP contribution < -0.4 is 0 Å². The number of hydrogen-bond donors (Lipinski definition) is 0. The Hall–Kier alpha value is -5.92. The molecule has 1 heteroatoms. The Kier molecular flexibility index (Phi) is 6.11. The number of fused-ring (bicyclic) bond motifs is 5. The maximum atomic E-state index is 6.53. The molecule has 0 amide bonds. The van der Waals surface area contributed by atoms with Crippen molar-refractivity contribution in [1.29, 1.82) is 0 Å². The van der Waals surface area contributed by atoms with Crippen LogP contribution in [0.5, 0.6) is 0 Å². The van der Waals surface area contributed by atoms with E-state index in [-0.39, 0.29) is 0 Å². The third kappa shape index (κ3) is 4.17. The fraction of sp³-hybridized carbons (Fsp3) is 0.0222. The first kappa shape index (κ1) is 26.5. The van der Waals surface area contributed by atoms with E-state index >= 15 is 0 Å². The molecule has 0 saturated heterocycles. The Balaban J connectivity index is 1.24. The summed E-state index contributed by atoms with van der Waals surface area (Å²) in [5, 5.41) is 7.28. The number of rotatable bonds is 4. The maximum absolute atomic E-state index is 6.53. The maximum Gasteiger partial charge on any atom is 0.136 e. The lowest BCUT2D eigenvalue weighted by atomic mass is 9.86. The summed E-state index contributed by atoms with van der Waals surface area (Å²) in [7, 11) is 0. The van der Waals surface area contributed by atoms with Gasteiger partial charge in [-0.05, 0) is 103 Å². The first-order chi connectivity index (χ1) is 22.7. The largest absolute Gasteiger partial charge is 0.456 e. The van der Waals surface area contributed by atoms with Gasteiger partial charge < -0.3 is 4.42 Å². The van der Waals surface area contributed by atoms with Crippen LogP contribution in [0.15, 0.2) is 168 Å². The summed E-state index contributed by atoms with van der Waals surface area (Å²) in [5.74, 6) is 0. The molecule has 0 radical (unpaired) electrons. The minimum atomic E-state index is 0.901. The summed E-state index contributed by atoms with van der Waals surface area (Å²) >= 11 is 0. The Morgan fingerprint density at radius 1 is 0.326 bits per heavy atom. The van der Waals surface area contributed by atoms with Gasteiger partial charge in [-0.1, -0.05) is 140 Å². The van der Waals surface area contributed by atoms with Crippen molar-refractivity contribution in [1.82, 2.24) is 0 Å². The van der Waals surface area contributed by atoms with Crippen LogP contribution in [0.3, 0.4) is 0 Å². The van der Waals surface area contributed by atoms with Crippen LogP contribution in [0.4, 0.5) is 0 Å². The second-order valence-electron chi connectivity index (χ2n) is 12.1. The Bertz CT molecular complexity index is 2530. The predicted molar refractivity (Wildman–Crippen MR) is 195 cm³/mol. The van der Waals surface area contributed by atoms with E-state index in [1.54, 1.807) is 0 Å². The zero-order valence-electron chi connectivity index (χ0n) is 25.5. The van der Waals surface area contributed by atoms with Crippen molar-refractivity contribution in [3.05, 3.63) is 169 Å².